The molecule has 0 spiro atoms. The van der Waals surface area contributed by atoms with Crippen molar-refractivity contribution in [2.75, 3.05) is 19.0 Å². The third kappa shape index (κ3) is 5.06. The predicted octanol–water partition coefficient (Wildman–Crippen LogP) is 6.26. The third-order valence-corrected chi connectivity index (χ3v) is 5.57. The first kappa shape index (κ1) is 21.4. The van der Waals surface area contributed by atoms with E-state index in [4.69, 9.17) is 0 Å². The first-order valence-electron chi connectivity index (χ1n) is 10.9. The Hall–Kier alpha value is -3.85. The second-order valence-corrected chi connectivity index (χ2v) is 8.12. The van der Waals surface area contributed by atoms with Crippen molar-refractivity contribution in [3.63, 3.8) is 0 Å². The fourth-order valence-electron chi connectivity index (χ4n) is 3.83. The highest BCUT2D eigenvalue weighted by Crippen LogP contribution is 2.26. The quantitative estimate of drug-likeness (QED) is 0.352. The zero-order valence-electron chi connectivity index (χ0n) is 18.6. The lowest BCUT2D eigenvalue weighted by molar-refractivity contribution is 0.0731. The van der Waals surface area contributed by atoms with Gasteiger partial charge < -0.3 is 9.80 Å². The third-order valence-electron chi connectivity index (χ3n) is 5.57. The van der Waals surface area contributed by atoms with E-state index in [-0.39, 0.29) is 5.91 Å². The molecule has 0 heterocycles. The van der Waals surface area contributed by atoms with Crippen molar-refractivity contribution in [3.8, 4) is 11.1 Å². The molecule has 4 aromatic rings. The average Bonchev–Trinajstić information content (AvgIpc) is 2.85. The molecule has 3 nitrogen and oxygen atoms in total. The number of benzene rings is 4. The highest BCUT2D eigenvalue weighted by Gasteiger charge is 2.20. The molecule has 0 radical (unpaired) electrons. The van der Waals surface area contributed by atoms with Gasteiger partial charge in [0, 0.05) is 38.4 Å². The maximum absolute atomic E-state index is 13.8. The summed E-state index contributed by atoms with van der Waals surface area (Å²) in [6, 6.07) is 36.5. The predicted molar refractivity (Wildman–Crippen MR) is 133 cm³/mol. The van der Waals surface area contributed by atoms with Gasteiger partial charge in [-0.3, -0.25) is 4.79 Å². The molecular formula is C29H28N2O. The Bertz CT molecular complexity index is 1150. The minimum Gasteiger partial charge on any atom is -0.378 e. The molecule has 0 atom stereocenters. The van der Waals surface area contributed by atoms with Gasteiger partial charge in [-0.25, -0.2) is 0 Å². The topological polar surface area (TPSA) is 23.6 Å². The van der Waals surface area contributed by atoms with Gasteiger partial charge in [-0.1, -0.05) is 91.0 Å². The molecular weight excluding hydrogens is 392 g/mol. The molecule has 32 heavy (non-hydrogen) atoms. The van der Waals surface area contributed by atoms with Gasteiger partial charge in [-0.15, -0.1) is 0 Å². The van der Waals surface area contributed by atoms with E-state index in [1.807, 2.05) is 91.8 Å². The van der Waals surface area contributed by atoms with Crippen molar-refractivity contribution in [2.24, 2.45) is 0 Å². The molecule has 1 amide bonds. The summed E-state index contributed by atoms with van der Waals surface area (Å²) in [4.78, 5) is 17.8. The Kier molecular flexibility index (Phi) is 6.66. The van der Waals surface area contributed by atoms with Crippen LogP contribution >= 0.6 is 0 Å². The first-order valence-corrected chi connectivity index (χ1v) is 10.9. The molecule has 3 heteroatoms. The minimum atomic E-state index is 0.0324. The summed E-state index contributed by atoms with van der Waals surface area (Å²) in [5.74, 6) is 0.0324. The molecule has 0 unspecified atom stereocenters. The molecule has 0 saturated carbocycles. The van der Waals surface area contributed by atoms with E-state index in [0.29, 0.717) is 13.1 Å². The number of carbonyl (C=O) groups excluding carboxylic acids is 1. The van der Waals surface area contributed by atoms with Crippen LogP contribution in [-0.4, -0.2) is 24.9 Å². The number of hydrogen-bond donors (Lipinski definition) is 0. The van der Waals surface area contributed by atoms with Gasteiger partial charge in [0.15, 0.2) is 0 Å². The molecule has 0 aliphatic carbocycles. The zero-order chi connectivity index (χ0) is 22.3. The first-order chi connectivity index (χ1) is 15.6. The average molecular weight is 421 g/mol. The van der Waals surface area contributed by atoms with Crippen molar-refractivity contribution in [2.45, 2.75) is 13.1 Å². The molecule has 4 rings (SSSR count). The Morgan fingerprint density at radius 3 is 1.78 bits per heavy atom. The largest absolute Gasteiger partial charge is 0.378 e. The summed E-state index contributed by atoms with van der Waals surface area (Å²) < 4.78 is 0. The lowest BCUT2D eigenvalue weighted by Gasteiger charge is -2.25. The van der Waals surface area contributed by atoms with Gasteiger partial charge in [0.25, 0.3) is 5.91 Å². The molecule has 4 aromatic carbocycles. The molecule has 0 aliphatic heterocycles. The van der Waals surface area contributed by atoms with Crippen molar-refractivity contribution < 1.29 is 4.79 Å². The van der Waals surface area contributed by atoms with E-state index in [2.05, 4.69) is 41.3 Å². The normalized spacial score (nSPS) is 10.6. The summed E-state index contributed by atoms with van der Waals surface area (Å²) in [5, 5.41) is 0. The van der Waals surface area contributed by atoms with Crippen LogP contribution in [0.15, 0.2) is 109 Å². The zero-order valence-corrected chi connectivity index (χ0v) is 18.6. The van der Waals surface area contributed by atoms with Gasteiger partial charge >= 0.3 is 0 Å². The van der Waals surface area contributed by atoms with Crippen molar-refractivity contribution in [3.05, 3.63) is 126 Å². The monoisotopic (exact) mass is 420 g/mol. The molecule has 0 bridgehead atoms. The Balaban J connectivity index is 1.68. The number of rotatable bonds is 7. The number of amides is 1. The van der Waals surface area contributed by atoms with Crippen LogP contribution in [-0.2, 0) is 13.1 Å². The van der Waals surface area contributed by atoms with Gasteiger partial charge in [-0.05, 0) is 40.5 Å². The smallest absolute Gasteiger partial charge is 0.255 e. The molecule has 0 aromatic heterocycles. The Morgan fingerprint density at radius 1 is 0.625 bits per heavy atom. The van der Waals surface area contributed by atoms with Crippen molar-refractivity contribution in [1.29, 1.82) is 0 Å². The highest BCUT2D eigenvalue weighted by molar-refractivity contribution is 6.00. The fraction of sp³-hybridized carbons (Fsp3) is 0.138. The number of hydrogen-bond acceptors (Lipinski definition) is 2. The Morgan fingerprint density at radius 2 is 1.16 bits per heavy atom. The SMILES string of the molecule is CN(C)c1ccc(CN(Cc2ccccc2)C(=O)c2ccccc2-c2ccccc2)cc1. The second kappa shape index (κ2) is 9.97. The molecule has 0 saturated heterocycles. The molecule has 0 N–H and O–H groups in total. The lowest BCUT2D eigenvalue weighted by Crippen LogP contribution is -2.30. The van der Waals surface area contributed by atoms with E-state index in [9.17, 15) is 4.79 Å². The van der Waals surface area contributed by atoms with E-state index in [1.54, 1.807) is 0 Å². The van der Waals surface area contributed by atoms with Crippen molar-refractivity contribution in [1.82, 2.24) is 4.90 Å². The molecule has 160 valence electrons. The standard InChI is InChI=1S/C29H28N2O/c1-30(2)26-19-17-24(18-20-26)22-31(21-23-11-5-3-6-12-23)29(32)28-16-10-9-15-27(28)25-13-7-4-8-14-25/h3-20H,21-22H2,1-2H3. The second-order valence-electron chi connectivity index (χ2n) is 8.12. The maximum Gasteiger partial charge on any atom is 0.255 e. The van der Waals surface area contributed by atoms with Gasteiger partial charge in [0.05, 0.1) is 0 Å². The van der Waals surface area contributed by atoms with Crippen LogP contribution in [0.2, 0.25) is 0 Å². The molecule has 0 aliphatic rings. The van der Waals surface area contributed by atoms with Crippen LogP contribution in [0.25, 0.3) is 11.1 Å². The summed E-state index contributed by atoms with van der Waals surface area (Å²) in [5.41, 5.74) is 6.09. The van der Waals surface area contributed by atoms with Crippen LogP contribution in [0.3, 0.4) is 0 Å². The number of carbonyl (C=O) groups is 1. The van der Waals surface area contributed by atoms with Crippen LogP contribution in [0.1, 0.15) is 21.5 Å². The summed E-state index contributed by atoms with van der Waals surface area (Å²) in [7, 11) is 4.06. The number of anilines is 1. The van der Waals surface area contributed by atoms with Crippen LogP contribution < -0.4 is 4.90 Å². The van der Waals surface area contributed by atoms with E-state index >= 15 is 0 Å². The lowest BCUT2D eigenvalue weighted by atomic mass is 9.98. The summed E-state index contributed by atoms with van der Waals surface area (Å²) >= 11 is 0. The van der Waals surface area contributed by atoms with E-state index in [0.717, 1.165) is 33.5 Å². The minimum absolute atomic E-state index is 0.0324. The summed E-state index contributed by atoms with van der Waals surface area (Å²) in [6.07, 6.45) is 0. The maximum atomic E-state index is 13.8. The highest BCUT2D eigenvalue weighted by atomic mass is 16.2. The molecule has 0 fully saturated rings. The number of nitrogens with zero attached hydrogens (tertiary/aromatic N) is 2. The van der Waals surface area contributed by atoms with Gasteiger partial charge in [-0.2, -0.15) is 0 Å². The van der Waals surface area contributed by atoms with E-state index < -0.39 is 0 Å². The van der Waals surface area contributed by atoms with Crippen LogP contribution in [0.4, 0.5) is 5.69 Å². The van der Waals surface area contributed by atoms with Gasteiger partial charge in [0.1, 0.15) is 0 Å². The van der Waals surface area contributed by atoms with Crippen molar-refractivity contribution >= 4 is 11.6 Å². The fourth-order valence-corrected chi connectivity index (χ4v) is 3.83. The van der Waals surface area contributed by atoms with Crippen LogP contribution in [0, 0.1) is 0 Å². The van der Waals surface area contributed by atoms with Gasteiger partial charge in [0.2, 0.25) is 0 Å². The summed E-state index contributed by atoms with van der Waals surface area (Å²) in [6.45, 7) is 1.10. The van der Waals surface area contributed by atoms with E-state index in [1.165, 1.54) is 0 Å². The van der Waals surface area contributed by atoms with Crippen LogP contribution in [0.5, 0.6) is 0 Å². The Labute approximate surface area is 190 Å².